The number of hydrogen-bond donors (Lipinski definition) is 1. The van der Waals surface area contributed by atoms with E-state index in [-0.39, 0.29) is 0 Å². The molecule has 1 N–H and O–H groups in total. The number of carboxylic acids is 1. The standard InChI is InChI=1S/C14H11FO3/c1-18-12-5-4-10-6-9(2-3-11(10)8-12)7-13(15)14(16)17/h2-8H,1H3,(H,16,17). The van der Waals surface area contributed by atoms with Crippen molar-refractivity contribution >= 4 is 22.8 Å². The first-order valence-electron chi connectivity index (χ1n) is 5.28. The van der Waals surface area contributed by atoms with Crippen LogP contribution >= 0.6 is 0 Å². The van der Waals surface area contributed by atoms with Crippen molar-refractivity contribution in [3.8, 4) is 5.75 Å². The maximum Gasteiger partial charge on any atom is 0.364 e. The Morgan fingerprint density at radius 1 is 1.22 bits per heavy atom. The lowest BCUT2D eigenvalue weighted by Crippen LogP contribution is -1.94. The van der Waals surface area contributed by atoms with Crippen molar-refractivity contribution in [2.45, 2.75) is 0 Å². The molecule has 0 heterocycles. The van der Waals surface area contributed by atoms with Gasteiger partial charge in [-0.25, -0.2) is 4.79 Å². The Morgan fingerprint density at radius 2 is 1.89 bits per heavy atom. The highest BCUT2D eigenvalue weighted by molar-refractivity contribution is 5.91. The molecule has 0 aliphatic heterocycles. The van der Waals surface area contributed by atoms with Crippen LogP contribution in [0, 0.1) is 0 Å². The van der Waals surface area contributed by atoms with E-state index in [4.69, 9.17) is 9.84 Å². The third-order valence-electron chi connectivity index (χ3n) is 2.57. The number of halogens is 1. The second-order valence-electron chi connectivity index (χ2n) is 3.77. The van der Waals surface area contributed by atoms with Crippen LogP contribution in [0.4, 0.5) is 4.39 Å². The van der Waals surface area contributed by atoms with Gasteiger partial charge in [0, 0.05) is 0 Å². The smallest absolute Gasteiger partial charge is 0.364 e. The van der Waals surface area contributed by atoms with E-state index in [2.05, 4.69) is 0 Å². The molecule has 92 valence electrons. The summed E-state index contributed by atoms with van der Waals surface area (Å²) in [5.41, 5.74) is 0.507. The molecule has 0 radical (unpaired) electrons. The summed E-state index contributed by atoms with van der Waals surface area (Å²) in [7, 11) is 1.58. The van der Waals surface area contributed by atoms with Gasteiger partial charge in [-0.2, -0.15) is 4.39 Å². The normalized spacial score (nSPS) is 11.6. The summed E-state index contributed by atoms with van der Waals surface area (Å²) < 4.78 is 18.1. The van der Waals surface area contributed by atoms with Crippen LogP contribution in [-0.2, 0) is 4.79 Å². The van der Waals surface area contributed by atoms with E-state index in [0.29, 0.717) is 5.56 Å². The van der Waals surface area contributed by atoms with Gasteiger partial charge < -0.3 is 9.84 Å². The van der Waals surface area contributed by atoms with Gasteiger partial charge in [0.25, 0.3) is 0 Å². The Hall–Kier alpha value is -2.36. The molecule has 0 unspecified atom stereocenters. The zero-order chi connectivity index (χ0) is 13.1. The van der Waals surface area contributed by atoms with E-state index >= 15 is 0 Å². The third-order valence-corrected chi connectivity index (χ3v) is 2.57. The van der Waals surface area contributed by atoms with Gasteiger partial charge in [-0.3, -0.25) is 0 Å². The number of fused-ring (bicyclic) bond motifs is 1. The molecule has 0 spiro atoms. The van der Waals surface area contributed by atoms with E-state index in [1.165, 1.54) is 0 Å². The molecule has 0 saturated heterocycles. The number of aliphatic carboxylic acids is 1. The van der Waals surface area contributed by atoms with Crippen LogP contribution in [0.3, 0.4) is 0 Å². The maximum atomic E-state index is 13.0. The van der Waals surface area contributed by atoms with Crippen LogP contribution < -0.4 is 4.74 Å². The van der Waals surface area contributed by atoms with Crippen LogP contribution in [0.5, 0.6) is 5.75 Å². The first kappa shape index (κ1) is 12.1. The van der Waals surface area contributed by atoms with Gasteiger partial charge in [-0.15, -0.1) is 0 Å². The fraction of sp³-hybridized carbons (Fsp3) is 0.0714. The van der Waals surface area contributed by atoms with Crippen molar-refractivity contribution in [1.82, 2.24) is 0 Å². The van der Waals surface area contributed by atoms with Crippen LogP contribution in [-0.4, -0.2) is 18.2 Å². The van der Waals surface area contributed by atoms with Gasteiger partial charge in [0.05, 0.1) is 7.11 Å². The Morgan fingerprint density at radius 3 is 2.56 bits per heavy atom. The first-order valence-corrected chi connectivity index (χ1v) is 5.28. The van der Waals surface area contributed by atoms with Gasteiger partial charge >= 0.3 is 5.97 Å². The summed E-state index contributed by atoms with van der Waals surface area (Å²) >= 11 is 0. The van der Waals surface area contributed by atoms with Gasteiger partial charge in [-0.05, 0) is 40.6 Å². The Bertz CT molecular complexity index is 632. The van der Waals surface area contributed by atoms with Crippen molar-refractivity contribution < 1.29 is 19.0 Å². The highest BCUT2D eigenvalue weighted by Crippen LogP contribution is 2.22. The molecule has 0 aromatic heterocycles. The van der Waals surface area contributed by atoms with E-state index in [9.17, 15) is 9.18 Å². The Kier molecular flexibility index (Phi) is 3.28. The van der Waals surface area contributed by atoms with Gasteiger partial charge in [0.2, 0.25) is 5.83 Å². The molecule has 0 atom stereocenters. The summed E-state index contributed by atoms with van der Waals surface area (Å²) in [6.07, 6.45) is 0.992. The third kappa shape index (κ3) is 2.48. The molecule has 0 amide bonds. The number of carboxylic acid groups (broad SMARTS) is 1. The predicted molar refractivity (Wildman–Crippen MR) is 67.2 cm³/mol. The van der Waals surface area contributed by atoms with Crippen LogP contribution in [0.15, 0.2) is 42.2 Å². The molecule has 18 heavy (non-hydrogen) atoms. The fourth-order valence-electron chi connectivity index (χ4n) is 1.67. The average Bonchev–Trinajstić information content (AvgIpc) is 2.37. The summed E-state index contributed by atoms with van der Waals surface area (Å²) in [6.45, 7) is 0. The lowest BCUT2D eigenvalue weighted by atomic mass is 10.1. The lowest BCUT2D eigenvalue weighted by Gasteiger charge is -2.03. The minimum Gasteiger partial charge on any atom is -0.497 e. The number of hydrogen-bond acceptors (Lipinski definition) is 2. The van der Waals surface area contributed by atoms with Crippen LogP contribution in [0.2, 0.25) is 0 Å². The van der Waals surface area contributed by atoms with Gasteiger partial charge in [0.15, 0.2) is 0 Å². The zero-order valence-electron chi connectivity index (χ0n) is 9.68. The quantitative estimate of drug-likeness (QED) is 0.845. The molecule has 0 aliphatic rings. The second kappa shape index (κ2) is 4.87. The Balaban J connectivity index is 2.45. The second-order valence-corrected chi connectivity index (χ2v) is 3.77. The maximum absolute atomic E-state index is 13.0. The predicted octanol–water partition coefficient (Wildman–Crippen LogP) is 3.24. The number of benzene rings is 2. The highest BCUT2D eigenvalue weighted by atomic mass is 19.1. The number of ether oxygens (including phenoxy) is 1. The fourth-order valence-corrected chi connectivity index (χ4v) is 1.67. The molecule has 3 nitrogen and oxygen atoms in total. The minimum absolute atomic E-state index is 0.507. The van der Waals surface area contributed by atoms with Gasteiger partial charge in [-0.1, -0.05) is 18.2 Å². The van der Waals surface area contributed by atoms with Crippen molar-refractivity contribution in [3.05, 3.63) is 47.8 Å². The molecule has 2 aromatic carbocycles. The summed E-state index contributed by atoms with van der Waals surface area (Å²) in [6, 6.07) is 10.7. The molecular weight excluding hydrogens is 235 g/mol. The van der Waals surface area contributed by atoms with Crippen molar-refractivity contribution in [3.63, 3.8) is 0 Å². The van der Waals surface area contributed by atoms with E-state index in [1.54, 1.807) is 31.4 Å². The largest absolute Gasteiger partial charge is 0.497 e. The topological polar surface area (TPSA) is 46.5 Å². The molecule has 0 aliphatic carbocycles. The number of methoxy groups -OCH3 is 1. The molecule has 0 fully saturated rings. The Labute approximate surface area is 103 Å². The van der Waals surface area contributed by atoms with Crippen LogP contribution in [0.25, 0.3) is 16.8 Å². The van der Waals surface area contributed by atoms with Gasteiger partial charge in [0.1, 0.15) is 5.75 Å². The molecule has 0 saturated carbocycles. The first-order chi connectivity index (χ1) is 8.60. The molecule has 0 bridgehead atoms. The van der Waals surface area contributed by atoms with Crippen molar-refractivity contribution in [1.29, 1.82) is 0 Å². The molecule has 2 aromatic rings. The molecule has 2 rings (SSSR count). The van der Waals surface area contributed by atoms with Crippen molar-refractivity contribution in [2.75, 3.05) is 7.11 Å². The average molecular weight is 246 g/mol. The highest BCUT2D eigenvalue weighted by Gasteiger charge is 2.05. The van der Waals surface area contributed by atoms with E-state index in [1.807, 2.05) is 12.1 Å². The summed E-state index contributed by atoms with van der Waals surface area (Å²) in [4.78, 5) is 10.4. The molecule has 4 heteroatoms. The number of rotatable bonds is 3. The summed E-state index contributed by atoms with van der Waals surface area (Å²) in [5, 5.41) is 10.3. The van der Waals surface area contributed by atoms with E-state index < -0.39 is 11.8 Å². The zero-order valence-corrected chi connectivity index (χ0v) is 9.68. The van der Waals surface area contributed by atoms with Crippen molar-refractivity contribution in [2.24, 2.45) is 0 Å². The molecular formula is C14H11FO3. The minimum atomic E-state index is -1.56. The lowest BCUT2D eigenvalue weighted by molar-refractivity contribution is -0.134. The SMILES string of the molecule is COc1ccc2cc(C=C(F)C(=O)O)ccc2c1. The van der Waals surface area contributed by atoms with Crippen LogP contribution in [0.1, 0.15) is 5.56 Å². The van der Waals surface area contributed by atoms with E-state index in [0.717, 1.165) is 22.6 Å². The monoisotopic (exact) mass is 246 g/mol. The number of carbonyl (C=O) groups is 1. The summed E-state index contributed by atoms with van der Waals surface area (Å²) in [5.74, 6) is -2.00.